The summed E-state index contributed by atoms with van der Waals surface area (Å²) in [4.78, 5) is 27.7. The number of hydrogen-bond donors (Lipinski definition) is 3. The van der Waals surface area contributed by atoms with Crippen molar-refractivity contribution in [2.75, 3.05) is 17.2 Å². The van der Waals surface area contributed by atoms with Gasteiger partial charge in [0.1, 0.15) is 5.69 Å². The highest BCUT2D eigenvalue weighted by Crippen LogP contribution is 2.20. The van der Waals surface area contributed by atoms with E-state index in [1.54, 1.807) is 18.3 Å². The minimum Gasteiger partial charge on any atom is -0.355 e. The zero-order valence-electron chi connectivity index (χ0n) is 15.6. The fourth-order valence-corrected chi connectivity index (χ4v) is 2.73. The molecule has 0 aliphatic carbocycles. The normalized spacial score (nSPS) is 10.2. The Morgan fingerprint density at radius 2 is 1.64 bits per heavy atom. The summed E-state index contributed by atoms with van der Waals surface area (Å²) < 4.78 is 0. The van der Waals surface area contributed by atoms with E-state index in [9.17, 15) is 9.59 Å². The number of amides is 2. The molecule has 2 amide bonds. The summed E-state index contributed by atoms with van der Waals surface area (Å²) in [5.41, 5.74) is 3.75. The highest BCUT2D eigenvalue weighted by Gasteiger charge is 2.08. The van der Waals surface area contributed by atoms with Crippen LogP contribution < -0.4 is 16.0 Å². The van der Waals surface area contributed by atoms with E-state index in [2.05, 4.69) is 20.9 Å². The summed E-state index contributed by atoms with van der Waals surface area (Å²) in [5.74, 6) is -0.345. The fraction of sp³-hybridized carbons (Fsp3) is 0.136. The van der Waals surface area contributed by atoms with Crippen molar-refractivity contribution < 1.29 is 9.59 Å². The molecule has 1 aromatic heterocycles. The number of aromatic nitrogens is 1. The summed E-state index contributed by atoms with van der Waals surface area (Å²) in [5, 5.41) is 8.86. The third kappa shape index (κ3) is 5.67. The van der Waals surface area contributed by atoms with Gasteiger partial charge in [-0.15, -0.1) is 0 Å². The Labute approximate surface area is 164 Å². The molecule has 0 bridgehead atoms. The summed E-state index contributed by atoms with van der Waals surface area (Å²) >= 11 is 0. The maximum atomic E-state index is 12.4. The van der Waals surface area contributed by atoms with Crippen molar-refractivity contribution in [2.24, 2.45) is 0 Å². The monoisotopic (exact) mass is 374 g/mol. The fourth-order valence-electron chi connectivity index (χ4n) is 2.73. The van der Waals surface area contributed by atoms with Crippen LogP contribution in [-0.4, -0.2) is 23.3 Å². The highest BCUT2D eigenvalue weighted by molar-refractivity contribution is 5.93. The average molecular weight is 374 g/mol. The molecular formula is C22H22N4O2. The topological polar surface area (TPSA) is 83.1 Å². The Kier molecular flexibility index (Phi) is 6.36. The van der Waals surface area contributed by atoms with E-state index in [4.69, 9.17) is 0 Å². The van der Waals surface area contributed by atoms with Crippen LogP contribution in [0.5, 0.6) is 0 Å². The van der Waals surface area contributed by atoms with Gasteiger partial charge >= 0.3 is 0 Å². The number of hydrogen-bond acceptors (Lipinski definition) is 4. The zero-order valence-corrected chi connectivity index (χ0v) is 15.6. The van der Waals surface area contributed by atoms with Gasteiger partial charge < -0.3 is 16.0 Å². The molecule has 0 saturated carbocycles. The highest BCUT2D eigenvalue weighted by atomic mass is 16.2. The molecule has 142 valence electrons. The van der Waals surface area contributed by atoms with Crippen molar-refractivity contribution in [2.45, 2.75) is 13.3 Å². The van der Waals surface area contributed by atoms with Crippen molar-refractivity contribution >= 4 is 28.9 Å². The number of carbonyl (C=O) groups excluding carboxylic acids is 2. The van der Waals surface area contributed by atoms with Crippen molar-refractivity contribution in [3.8, 4) is 0 Å². The minimum absolute atomic E-state index is 0.129. The molecule has 0 atom stereocenters. The predicted octanol–water partition coefficient (Wildman–Crippen LogP) is 3.76. The number of nitrogens with zero attached hydrogens (tertiary/aromatic N) is 1. The van der Waals surface area contributed by atoms with E-state index in [0.29, 0.717) is 17.9 Å². The Morgan fingerprint density at radius 1 is 0.893 bits per heavy atom. The van der Waals surface area contributed by atoms with E-state index in [0.717, 1.165) is 17.8 Å². The number of pyridine rings is 1. The number of nitrogens with one attached hydrogen (secondary N) is 3. The second kappa shape index (κ2) is 9.32. The SMILES string of the molecule is CC(=O)Nc1cccc(Nc2ccnc(C(=O)NCCc3ccccc3)c2)c1. The molecule has 3 aromatic rings. The van der Waals surface area contributed by atoms with Crippen LogP contribution in [0.2, 0.25) is 0 Å². The zero-order chi connectivity index (χ0) is 19.8. The van der Waals surface area contributed by atoms with Crippen LogP contribution in [-0.2, 0) is 11.2 Å². The van der Waals surface area contributed by atoms with Crippen LogP contribution >= 0.6 is 0 Å². The number of benzene rings is 2. The molecule has 3 N–H and O–H groups in total. The largest absolute Gasteiger partial charge is 0.355 e. The molecular weight excluding hydrogens is 352 g/mol. The Balaban J connectivity index is 1.60. The Hall–Kier alpha value is -3.67. The van der Waals surface area contributed by atoms with Crippen molar-refractivity contribution in [1.29, 1.82) is 0 Å². The first-order valence-corrected chi connectivity index (χ1v) is 9.03. The van der Waals surface area contributed by atoms with Gasteiger partial charge in [0.25, 0.3) is 5.91 Å². The lowest BCUT2D eigenvalue weighted by molar-refractivity contribution is -0.114. The minimum atomic E-state index is -0.216. The lowest BCUT2D eigenvalue weighted by atomic mass is 10.1. The second-order valence-corrected chi connectivity index (χ2v) is 6.31. The van der Waals surface area contributed by atoms with E-state index < -0.39 is 0 Å². The van der Waals surface area contributed by atoms with Gasteiger partial charge in [-0.1, -0.05) is 36.4 Å². The standard InChI is InChI=1S/C22H22N4O2/c1-16(27)25-18-8-5-9-19(14-18)26-20-11-13-23-21(15-20)22(28)24-12-10-17-6-3-2-4-7-17/h2-9,11,13-15H,10,12H2,1H3,(H,23,26)(H,24,28)(H,25,27). The van der Waals surface area contributed by atoms with E-state index in [1.165, 1.54) is 12.5 Å². The molecule has 0 aliphatic heterocycles. The molecule has 0 radical (unpaired) electrons. The van der Waals surface area contributed by atoms with E-state index in [1.807, 2.05) is 54.6 Å². The molecule has 28 heavy (non-hydrogen) atoms. The van der Waals surface area contributed by atoms with Gasteiger partial charge in [0, 0.05) is 36.7 Å². The van der Waals surface area contributed by atoms with Crippen LogP contribution in [0.4, 0.5) is 17.1 Å². The second-order valence-electron chi connectivity index (χ2n) is 6.31. The molecule has 6 nitrogen and oxygen atoms in total. The number of carbonyl (C=O) groups is 2. The Bertz CT molecular complexity index is 958. The molecule has 3 rings (SSSR count). The lowest BCUT2D eigenvalue weighted by Gasteiger charge is -2.10. The Morgan fingerprint density at radius 3 is 2.43 bits per heavy atom. The van der Waals surface area contributed by atoms with Crippen molar-refractivity contribution in [3.63, 3.8) is 0 Å². The number of rotatable bonds is 7. The summed E-state index contributed by atoms with van der Waals surface area (Å²) in [6.07, 6.45) is 2.35. The van der Waals surface area contributed by atoms with Gasteiger partial charge in [-0.25, -0.2) is 0 Å². The van der Waals surface area contributed by atoms with Crippen LogP contribution in [0.3, 0.4) is 0 Å². The third-order valence-corrected chi connectivity index (χ3v) is 4.01. The van der Waals surface area contributed by atoms with Crippen LogP contribution in [0.15, 0.2) is 72.9 Å². The maximum absolute atomic E-state index is 12.4. The first-order chi connectivity index (χ1) is 13.6. The van der Waals surface area contributed by atoms with Gasteiger partial charge in [0.15, 0.2) is 0 Å². The summed E-state index contributed by atoms with van der Waals surface area (Å²) in [6, 6.07) is 20.8. The lowest BCUT2D eigenvalue weighted by Crippen LogP contribution is -2.26. The average Bonchev–Trinajstić information content (AvgIpc) is 2.69. The van der Waals surface area contributed by atoms with Crippen molar-refractivity contribution in [3.05, 3.63) is 84.2 Å². The maximum Gasteiger partial charge on any atom is 0.269 e. The first-order valence-electron chi connectivity index (χ1n) is 9.03. The van der Waals surface area contributed by atoms with E-state index >= 15 is 0 Å². The van der Waals surface area contributed by atoms with Gasteiger partial charge in [0.05, 0.1) is 0 Å². The van der Waals surface area contributed by atoms with Crippen molar-refractivity contribution in [1.82, 2.24) is 10.3 Å². The van der Waals surface area contributed by atoms with Gasteiger partial charge in [0.2, 0.25) is 5.91 Å². The third-order valence-electron chi connectivity index (χ3n) is 4.01. The number of anilines is 3. The molecule has 1 heterocycles. The molecule has 0 saturated heterocycles. The van der Waals surface area contributed by atoms with Crippen LogP contribution in [0.25, 0.3) is 0 Å². The van der Waals surface area contributed by atoms with E-state index in [-0.39, 0.29) is 11.8 Å². The molecule has 0 spiro atoms. The predicted molar refractivity (Wildman–Crippen MR) is 111 cm³/mol. The summed E-state index contributed by atoms with van der Waals surface area (Å²) in [6.45, 7) is 2.01. The summed E-state index contributed by atoms with van der Waals surface area (Å²) in [7, 11) is 0. The van der Waals surface area contributed by atoms with Gasteiger partial charge in [-0.2, -0.15) is 0 Å². The quantitative estimate of drug-likeness (QED) is 0.588. The van der Waals surface area contributed by atoms with Crippen LogP contribution in [0, 0.1) is 0 Å². The molecule has 6 heteroatoms. The first kappa shape index (κ1) is 19.1. The molecule has 2 aromatic carbocycles. The molecule has 0 unspecified atom stereocenters. The van der Waals surface area contributed by atoms with Crippen LogP contribution in [0.1, 0.15) is 23.0 Å². The van der Waals surface area contributed by atoms with Gasteiger partial charge in [-0.3, -0.25) is 14.6 Å². The molecule has 0 aliphatic rings. The van der Waals surface area contributed by atoms with Gasteiger partial charge in [-0.05, 0) is 42.3 Å². The smallest absolute Gasteiger partial charge is 0.269 e. The molecule has 0 fully saturated rings.